The van der Waals surface area contributed by atoms with Crippen LogP contribution in [0.15, 0.2) is 0 Å². The van der Waals surface area contributed by atoms with Gasteiger partial charge in [0.2, 0.25) is 0 Å². The predicted octanol–water partition coefficient (Wildman–Crippen LogP) is 1.87. The summed E-state index contributed by atoms with van der Waals surface area (Å²) in [5.41, 5.74) is -0.0379. The van der Waals surface area contributed by atoms with Crippen molar-refractivity contribution in [3.63, 3.8) is 0 Å². The fourth-order valence-corrected chi connectivity index (χ4v) is 3.23. The molecule has 4 saturated heterocycles. The van der Waals surface area contributed by atoms with Crippen LogP contribution in [-0.4, -0.2) is 103 Å². The van der Waals surface area contributed by atoms with E-state index < -0.39 is 5.97 Å². The molecule has 4 rings (SSSR count). The molecule has 216 valence electrons. The highest BCUT2D eigenvalue weighted by Gasteiger charge is 2.50. The Labute approximate surface area is 219 Å². The van der Waals surface area contributed by atoms with Gasteiger partial charge in [0.1, 0.15) is 19.8 Å². The summed E-state index contributed by atoms with van der Waals surface area (Å²) in [5, 5.41) is 0. The van der Waals surface area contributed by atoms with Gasteiger partial charge in [0.15, 0.2) is 0 Å². The van der Waals surface area contributed by atoms with E-state index in [1.807, 2.05) is 6.92 Å². The SMILES string of the molecule is C.CC(=O)OCCOCCC(=O)OCC1(C)COC1.CC(=O)OCCOCCC12OCC(C)(CO1)CO2. The molecule has 12 nitrogen and oxygen atoms in total. The zero-order valence-electron chi connectivity index (χ0n) is 21.8. The van der Waals surface area contributed by atoms with Crippen LogP contribution in [0.3, 0.4) is 0 Å². The second-order valence-electron chi connectivity index (χ2n) is 9.73. The minimum absolute atomic E-state index is 0. The van der Waals surface area contributed by atoms with Crippen LogP contribution in [0.5, 0.6) is 0 Å². The molecule has 0 aliphatic carbocycles. The van der Waals surface area contributed by atoms with Crippen LogP contribution >= 0.6 is 0 Å². The summed E-state index contributed by atoms with van der Waals surface area (Å²) >= 11 is 0. The van der Waals surface area contributed by atoms with Crippen LogP contribution < -0.4 is 0 Å². The van der Waals surface area contributed by atoms with Crippen LogP contribution in [0.4, 0.5) is 0 Å². The Balaban J connectivity index is 0.000000360. The summed E-state index contributed by atoms with van der Waals surface area (Å²) in [7, 11) is 0. The molecule has 4 fully saturated rings. The lowest BCUT2D eigenvalue weighted by molar-refractivity contribution is -0.468. The third-order valence-electron chi connectivity index (χ3n) is 5.47. The lowest BCUT2D eigenvalue weighted by Gasteiger charge is -2.50. The first-order valence-electron chi connectivity index (χ1n) is 12.1. The summed E-state index contributed by atoms with van der Waals surface area (Å²) in [6.45, 7) is 12.3. The Bertz CT molecular complexity index is 681. The zero-order chi connectivity index (χ0) is 26.5. The fraction of sp³-hybridized carbons (Fsp3) is 0.880. The molecule has 0 radical (unpaired) electrons. The van der Waals surface area contributed by atoms with Crippen LogP contribution in [0.1, 0.15) is 48.0 Å². The van der Waals surface area contributed by atoms with Gasteiger partial charge in [0.25, 0.3) is 5.97 Å². The first-order valence-corrected chi connectivity index (χ1v) is 12.1. The highest BCUT2D eigenvalue weighted by atomic mass is 16.9. The molecule has 0 atom stereocenters. The number of rotatable bonds is 14. The molecule has 0 N–H and O–H groups in total. The van der Waals surface area contributed by atoms with E-state index in [1.54, 1.807) is 0 Å². The van der Waals surface area contributed by atoms with E-state index in [0.29, 0.717) is 65.9 Å². The van der Waals surface area contributed by atoms with Gasteiger partial charge in [-0.05, 0) is 0 Å². The number of fused-ring (bicyclic) bond motifs is 3. The topological polar surface area (TPSA) is 134 Å². The molecule has 4 heterocycles. The monoisotopic (exact) mass is 536 g/mol. The number of carbonyl (C=O) groups excluding carboxylic acids is 3. The summed E-state index contributed by atoms with van der Waals surface area (Å²) in [4.78, 5) is 32.3. The van der Waals surface area contributed by atoms with Crippen molar-refractivity contribution in [2.75, 3.05) is 79.3 Å². The normalized spacial score (nSPS) is 25.0. The van der Waals surface area contributed by atoms with Gasteiger partial charge in [0.05, 0.1) is 72.3 Å². The molecule has 4 aliphatic heterocycles. The molecule has 0 spiro atoms. The molecule has 12 heteroatoms. The van der Waals surface area contributed by atoms with Crippen LogP contribution in [-0.2, 0) is 57.0 Å². The molecule has 37 heavy (non-hydrogen) atoms. The molecule has 0 amide bonds. The van der Waals surface area contributed by atoms with Crippen LogP contribution in [0.2, 0.25) is 0 Å². The molecule has 4 aliphatic rings. The van der Waals surface area contributed by atoms with Crippen molar-refractivity contribution in [2.45, 2.75) is 53.9 Å². The molecule has 0 unspecified atom stereocenters. The largest absolute Gasteiger partial charge is 0.465 e. The average molecular weight is 537 g/mol. The Morgan fingerprint density at radius 3 is 1.68 bits per heavy atom. The standard InChI is InChI=1S/2C12H20O6.CH4/c1-10(13)15-6-5-14-4-3-12-16-7-11(2,8-17-12)9-18-12;1-10(13)17-6-5-15-4-3-11(14)18-9-12(2)7-16-8-12;/h2*3-9H2,1-2H3;1H4. The van der Waals surface area contributed by atoms with E-state index in [9.17, 15) is 14.4 Å². The minimum Gasteiger partial charge on any atom is -0.465 e. The van der Waals surface area contributed by atoms with Gasteiger partial charge in [-0.1, -0.05) is 21.3 Å². The average Bonchev–Trinajstić information content (AvgIpc) is 2.82. The quantitative estimate of drug-likeness (QED) is 0.182. The summed E-state index contributed by atoms with van der Waals surface area (Å²) < 4.78 is 46.9. The van der Waals surface area contributed by atoms with Crippen molar-refractivity contribution in [2.24, 2.45) is 10.8 Å². The predicted molar refractivity (Wildman–Crippen MR) is 129 cm³/mol. The lowest BCUT2D eigenvalue weighted by atomic mass is 9.90. The Morgan fingerprint density at radius 1 is 0.703 bits per heavy atom. The van der Waals surface area contributed by atoms with Gasteiger partial charge in [0, 0.05) is 24.7 Å². The summed E-state index contributed by atoms with van der Waals surface area (Å²) in [6, 6.07) is 0. The van der Waals surface area contributed by atoms with E-state index in [0.717, 1.165) is 0 Å². The maximum absolute atomic E-state index is 11.3. The van der Waals surface area contributed by atoms with E-state index in [4.69, 9.17) is 37.9 Å². The number of hydrogen-bond donors (Lipinski definition) is 0. The Kier molecular flexibility index (Phi) is 14.5. The van der Waals surface area contributed by atoms with Crippen molar-refractivity contribution in [3.05, 3.63) is 0 Å². The van der Waals surface area contributed by atoms with E-state index >= 15 is 0 Å². The second kappa shape index (κ2) is 16.2. The number of hydrogen-bond acceptors (Lipinski definition) is 12. The summed E-state index contributed by atoms with van der Waals surface area (Å²) in [5.74, 6) is -1.85. The maximum atomic E-state index is 11.3. The molecule has 0 aromatic heterocycles. The lowest BCUT2D eigenvalue weighted by Crippen LogP contribution is -2.59. The zero-order valence-corrected chi connectivity index (χ0v) is 21.8. The highest BCUT2D eigenvalue weighted by Crippen LogP contribution is 2.39. The Hall–Kier alpha value is -1.83. The van der Waals surface area contributed by atoms with Crippen molar-refractivity contribution in [1.82, 2.24) is 0 Å². The first-order chi connectivity index (χ1) is 17.1. The van der Waals surface area contributed by atoms with E-state index in [-0.39, 0.29) is 62.4 Å². The maximum Gasteiger partial charge on any atom is 0.308 e. The minimum atomic E-state index is -0.931. The van der Waals surface area contributed by atoms with Crippen molar-refractivity contribution >= 4 is 17.9 Å². The molecule has 0 saturated carbocycles. The third-order valence-corrected chi connectivity index (χ3v) is 5.47. The fourth-order valence-electron chi connectivity index (χ4n) is 3.23. The van der Waals surface area contributed by atoms with Gasteiger partial charge in [-0.2, -0.15) is 0 Å². The van der Waals surface area contributed by atoms with Crippen LogP contribution in [0.25, 0.3) is 0 Å². The number of ether oxygens (including phenoxy) is 9. The van der Waals surface area contributed by atoms with Crippen LogP contribution in [0, 0.1) is 10.8 Å². The van der Waals surface area contributed by atoms with Gasteiger partial charge < -0.3 is 42.6 Å². The van der Waals surface area contributed by atoms with Gasteiger partial charge in [-0.3, -0.25) is 14.4 Å². The molecular formula is C25H44O12. The Morgan fingerprint density at radius 2 is 1.22 bits per heavy atom. The van der Waals surface area contributed by atoms with E-state index in [1.165, 1.54) is 13.8 Å². The number of esters is 3. The van der Waals surface area contributed by atoms with Gasteiger partial charge >= 0.3 is 17.9 Å². The van der Waals surface area contributed by atoms with Gasteiger partial charge in [-0.15, -0.1) is 0 Å². The van der Waals surface area contributed by atoms with E-state index in [2.05, 4.69) is 11.7 Å². The second-order valence-corrected chi connectivity index (χ2v) is 9.73. The smallest absolute Gasteiger partial charge is 0.308 e. The van der Waals surface area contributed by atoms with Crippen molar-refractivity contribution in [1.29, 1.82) is 0 Å². The molecule has 0 aromatic rings. The molecule has 2 bridgehead atoms. The first kappa shape index (κ1) is 33.2. The molecular weight excluding hydrogens is 492 g/mol. The number of carbonyl (C=O) groups is 3. The van der Waals surface area contributed by atoms with Crippen molar-refractivity contribution in [3.8, 4) is 0 Å². The third kappa shape index (κ3) is 13.0. The summed E-state index contributed by atoms with van der Waals surface area (Å²) in [6.07, 6.45) is 0.722. The van der Waals surface area contributed by atoms with Gasteiger partial charge in [-0.25, -0.2) is 0 Å². The van der Waals surface area contributed by atoms with Crippen molar-refractivity contribution < 1.29 is 57.0 Å². The molecule has 0 aromatic carbocycles. The highest BCUT2D eigenvalue weighted by molar-refractivity contribution is 5.69.